The maximum atomic E-state index is 12.3. The predicted octanol–water partition coefficient (Wildman–Crippen LogP) is 2.31. The van der Waals surface area contributed by atoms with Crippen LogP contribution in [0.4, 0.5) is 19.0 Å². The third kappa shape index (κ3) is 8.39. The molecule has 0 spiro atoms. The standard InChI is InChI=1S/C26H25F3N6O4S/c27-26(28,29)9-14-40(38,39)33-25(37)23-7-8-24(32-31-23)35-12-10-34(11-13-35)18-21-4-2-1-3-20(21)6-5-19-15-22(36)17-30-16-19/h1-4,7-8,15-17,36H,9-14,18H2,(H,33,37). The molecular formula is C26H25F3N6O4S. The van der Waals surface area contributed by atoms with Crippen LogP contribution in [0.25, 0.3) is 0 Å². The Morgan fingerprint density at radius 2 is 1.77 bits per heavy atom. The van der Waals surface area contributed by atoms with Gasteiger partial charge in [-0.15, -0.1) is 10.2 Å². The molecule has 1 aromatic carbocycles. The van der Waals surface area contributed by atoms with Crippen LogP contribution in [0.1, 0.15) is 33.6 Å². The number of sulfonamides is 1. The summed E-state index contributed by atoms with van der Waals surface area (Å²) >= 11 is 0. The van der Waals surface area contributed by atoms with Gasteiger partial charge in [0, 0.05) is 50.0 Å². The van der Waals surface area contributed by atoms with Crippen LogP contribution in [0.2, 0.25) is 0 Å². The number of alkyl halides is 3. The highest BCUT2D eigenvalue weighted by Gasteiger charge is 2.31. The number of piperazine rings is 1. The molecule has 0 atom stereocenters. The van der Waals surface area contributed by atoms with Crippen molar-refractivity contribution >= 4 is 21.7 Å². The van der Waals surface area contributed by atoms with Crippen molar-refractivity contribution in [2.75, 3.05) is 36.8 Å². The molecule has 0 bridgehead atoms. The Morgan fingerprint density at radius 1 is 1.02 bits per heavy atom. The Kier molecular flexibility index (Phi) is 8.86. The fourth-order valence-corrected chi connectivity index (χ4v) is 4.89. The van der Waals surface area contributed by atoms with E-state index in [1.165, 1.54) is 18.3 Å². The summed E-state index contributed by atoms with van der Waals surface area (Å²) in [6, 6.07) is 12.1. The largest absolute Gasteiger partial charge is 0.506 e. The zero-order valence-corrected chi connectivity index (χ0v) is 21.9. The van der Waals surface area contributed by atoms with Crippen LogP contribution < -0.4 is 9.62 Å². The smallest absolute Gasteiger partial charge is 0.390 e. The number of carbonyl (C=O) groups excluding carboxylic acids is 1. The minimum absolute atomic E-state index is 0.0494. The molecular weight excluding hydrogens is 549 g/mol. The van der Waals surface area contributed by atoms with Crippen molar-refractivity contribution in [1.29, 1.82) is 0 Å². The number of hydrogen-bond acceptors (Lipinski definition) is 9. The van der Waals surface area contributed by atoms with Gasteiger partial charge in [0.1, 0.15) is 5.75 Å². The molecule has 3 heterocycles. The summed E-state index contributed by atoms with van der Waals surface area (Å²) in [6.07, 6.45) is -3.31. The van der Waals surface area contributed by atoms with Crippen LogP contribution in [0.15, 0.2) is 54.9 Å². The predicted molar refractivity (Wildman–Crippen MR) is 140 cm³/mol. The number of hydrogen-bond donors (Lipinski definition) is 2. The summed E-state index contributed by atoms with van der Waals surface area (Å²) in [5.74, 6) is 4.30. The number of benzene rings is 1. The van der Waals surface area contributed by atoms with E-state index in [-0.39, 0.29) is 11.4 Å². The lowest BCUT2D eigenvalue weighted by atomic mass is 10.1. The third-order valence-electron chi connectivity index (χ3n) is 5.96. The first kappa shape index (κ1) is 28.8. The lowest BCUT2D eigenvalue weighted by Gasteiger charge is -2.35. The first-order valence-electron chi connectivity index (χ1n) is 12.1. The average molecular weight is 575 g/mol. The number of nitrogens with zero attached hydrogens (tertiary/aromatic N) is 5. The van der Waals surface area contributed by atoms with Crippen LogP contribution in [0.5, 0.6) is 5.75 Å². The molecule has 4 rings (SSSR count). The Morgan fingerprint density at radius 3 is 2.45 bits per heavy atom. The molecule has 10 nitrogen and oxygen atoms in total. The van der Waals surface area contributed by atoms with Gasteiger partial charge in [-0.2, -0.15) is 13.2 Å². The number of pyridine rings is 1. The molecule has 2 aromatic heterocycles. The van der Waals surface area contributed by atoms with Crippen molar-refractivity contribution in [2.45, 2.75) is 19.1 Å². The van der Waals surface area contributed by atoms with E-state index in [4.69, 9.17) is 0 Å². The SMILES string of the molecule is O=C(NS(=O)(=O)CCC(F)(F)F)c1ccc(N2CCN(Cc3ccccc3C#Cc3cncc(O)c3)CC2)nn1. The Hall–Kier alpha value is -4.22. The quantitative estimate of drug-likeness (QED) is 0.409. The number of aromatic nitrogens is 3. The van der Waals surface area contributed by atoms with Crippen molar-refractivity contribution in [3.05, 3.63) is 77.2 Å². The third-order valence-corrected chi connectivity index (χ3v) is 7.20. The number of carbonyl (C=O) groups is 1. The fraction of sp³-hybridized carbons (Fsp3) is 0.308. The summed E-state index contributed by atoms with van der Waals surface area (Å²) in [4.78, 5) is 20.3. The number of anilines is 1. The van der Waals surface area contributed by atoms with E-state index in [1.54, 1.807) is 17.0 Å². The van der Waals surface area contributed by atoms with Gasteiger partial charge in [0.05, 0.1) is 18.4 Å². The molecule has 0 radical (unpaired) electrons. The number of amides is 1. The van der Waals surface area contributed by atoms with Crippen LogP contribution in [0.3, 0.4) is 0 Å². The Labute approximate surface area is 228 Å². The fourth-order valence-electron chi connectivity index (χ4n) is 3.90. The first-order valence-corrected chi connectivity index (χ1v) is 13.8. The highest BCUT2D eigenvalue weighted by Crippen LogP contribution is 2.20. The molecule has 1 saturated heterocycles. The van der Waals surface area contributed by atoms with Gasteiger partial charge >= 0.3 is 6.18 Å². The van der Waals surface area contributed by atoms with Gasteiger partial charge in [-0.1, -0.05) is 30.0 Å². The molecule has 1 aliphatic heterocycles. The number of nitrogens with one attached hydrogen (secondary N) is 1. The second-order valence-electron chi connectivity index (χ2n) is 8.99. The highest BCUT2D eigenvalue weighted by atomic mass is 32.2. The number of rotatable bonds is 7. The van der Waals surface area contributed by atoms with E-state index < -0.39 is 34.3 Å². The number of aromatic hydroxyl groups is 1. The second kappa shape index (κ2) is 12.3. The molecule has 3 aromatic rings. The molecule has 2 N–H and O–H groups in total. The first-order chi connectivity index (χ1) is 19.0. The summed E-state index contributed by atoms with van der Waals surface area (Å²) in [5, 5.41) is 17.3. The van der Waals surface area contributed by atoms with E-state index in [9.17, 15) is 31.5 Å². The van der Waals surface area contributed by atoms with Gasteiger partial charge in [-0.3, -0.25) is 14.7 Å². The lowest BCUT2D eigenvalue weighted by Crippen LogP contribution is -2.46. The zero-order valence-electron chi connectivity index (χ0n) is 21.1. The van der Waals surface area contributed by atoms with Crippen molar-refractivity contribution in [2.24, 2.45) is 0 Å². The van der Waals surface area contributed by atoms with Gasteiger partial charge in [0.2, 0.25) is 10.0 Å². The van der Waals surface area contributed by atoms with Crippen LogP contribution in [-0.2, 0) is 16.6 Å². The molecule has 14 heteroatoms. The van der Waals surface area contributed by atoms with Crippen LogP contribution >= 0.6 is 0 Å². The topological polar surface area (TPSA) is 129 Å². The maximum absolute atomic E-state index is 12.3. The van der Waals surface area contributed by atoms with E-state index in [0.717, 1.165) is 11.1 Å². The Bertz CT molecular complexity index is 1510. The van der Waals surface area contributed by atoms with Crippen molar-refractivity contribution in [3.8, 4) is 17.6 Å². The molecule has 40 heavy (non-hydrogen) atoms. The van der Waals surface area contributed by atoms with Gasteiger partial charge in [0.25, 0.3) is 5.91 Å². The molecule has 1 fully saturated rings. The molecule has 1 amide bonds. The number of halogens is 3. The van der Waals surface area contributed by atoms with Crippen LogP contribution in [-0.4, -0.2) is 77.6 Å². The maximum Gasteiger partial charge on any atom is 0.390 e. The zero-order chi connectivity index (χ0) is 28.8. The van der Waals surface area contributed by atoms with Crippen molar-refractivity contribution < 1.29 is 31.5 Å². The molecule has 210 valence electrons. The lowest BCUT2D eigenvalue weighted by molar-refractivity contribution is -0.130. The van der Waals surface area contributed by atoms with E-state index in [1.807, 2.05) is 29.2 Å². The normalized spacial score (nSPS) is 14.3. The van der Waals surface area contributed by atoms with Crippen LogP contribution in [0, 0.1) is 11.8 Å². The van der Waals surface area contributed by atoms with Gasteiger partial charge in [0.15, 0.2) is 11.5 Å². The van der Waals surface area contributed by atoms with E-state index in [2.05, 4.69) is 31.9 Å². The summed E-state index contributed by atoms with van der Waals surface area (Å²) in [6.45, 7) is 3.33. The van der Waals surface area contributed by atoms with Crippen molar-refractivity contribution in [3.63, 3.8) is 0 Å². The van der Waals surface area contributed by atoms with Gasteiger partial charge in [-0.05, 0) is 29.8 Å². The molecule has 0 saturated carbocycles. The second-order valence-corrected chi connectivity index (χ2v) is 10.8. The molecule has 1 aliphatic rings. The molecule has 0 aliphatic carbocycles. The van der Waals surface area contributed by atoms with Gasteiger partial charge < -0.3 is 10.0 Å². The average Bonchev–Trinajstić information content (AvgIpc) is 2.92. The Balaban J connectivity index is 1.31. The minimum atomic E-state index is -4.66. The van der Waals surface area contributed by atoms with Gasteiger partial charge in [-0.25, -0.2) is 13.1 Å². The highest BCUT2D eigenvalue weighted by molar-refractivity contribution is 7.90. The summed E-state index contributed by atoms with van der Waals surface area (Å²) in [7, 11) is -4.47. The van der Waals surface area contributed by atoms with E-state index >= 15 is 0 Å². The minimum Gasteiger partial charge on any atom is -0.506 e. The van der Waals surface area contributed by atoms with E-state index in [0.29, 0.717) is 44.1 Å². The summed E-state index contributed by atoms with van der Waals surface area (Å²) < 4.78 is 62.0. The van der Waals surface area contributed by atoms with Crippen molar-refractivity contribution in [1.82, 2.24) is 24.8 Å². The monoisotopic (exact) mass is 574 g/mol. The molecule has 0 unspecified atom stereocenters. The summed E-state index contributed by atoms with van der Waals surface area (Å²) in [5.41, 5.74) is 2.21.